The summed E-state index contributed by atoms with van der Waals surface area (Å²) in [5.41, 5.74) is 6.57. The topological polar surface area (TPSA) is 57.4 Å². The van der Waals surface area contributed by atoms with Crippen LogP contribution >= 0.6 is 0 Å². The van der Waals surface area contributed by atoms with Gasteiger partial charge >= 0.3 is 0 Å². The first-order chi connectivity index (χ1) is 8.43. The number of pyridine rings is 1. The maximum absolute atomic E-state index is 5.72. The highest BCUT2D eigenvalue weighted by Gasteiger charge is 2.15. The molecule has 1 atom stereocenters. The molecule has 0 bridgehead atoms. The lowest BCUT2D eigenvalue weighted by Gasteiger charge is -2.22. The van der Waals surface area contributed by atoms with Crippen LogP contribution in [0.25, 0.3) is 0 Å². The summed E-state index contributed by atoms with van der Waals surface area (Å²) in [4.78, 5) is 4.32. The highest BCUT2D eigenvalue weighted by molar-refractivity contribution is 5.20. The summed E-state index contributed by atoms with van der Waals surface area (Å²) in [5, 5.41) is 0. The van der Waals surface area contributed by atoms with Gasteiger partial charge in [0.2, 0.25) is 0 Å². The largest absolute Gasteiger partial charge is 0.492 e. The summed E-state index contributed by atoms with van der Waals surface area (Å²) in [6, 6.07) is 4.02. The smallest absolute Gasteiger partial charge is 0.137 e. The van der Waals surface area contributed by atoms with Gasteiger partial charge in [0.1, 0.15) is 5.75 Å². The minimum atomic E-state index is -0.150. The molecule has 18 heavy (non-hydrogen) atoms. The van der Waals surface area contributed by atoms with E-state index in [4.69, 9.17) is 15.2 Å². The van der Waals surface area contributed by atoms with E-state index in [1.54, 1.807) is 13.3 Å². The van der Waals surface area contributed by atoms with Crippen LogP contribution in [0.1, 0.15) is 32.9 Å². The first-order valence-corrected chi connectivity index (χ1v) is 6.31. The van der Waals surface area contributed by atoms with Crippen molar-refractivity contribution in [2.24, 2.45) is 5.73 Å². The molecule has 102 valence electrons. The molecule has 1 rings (SSSR count). The van der Waals surface area contributed by atoms with Gasteiger partial charge in [-0.1, -0.05) is 0 Å². The zero-order valence-electron chi connectivity index (χ0n) is 11.8. The summed E-state index contributed by atoms with van der Waals surface area (Å²) in [5.74, 6) is 0.787. The van der Waals surface area contributed by atoms with Crippen molar-refractivity contribution < 1.29 is 9.47 Å². The van der Waals surface area contributed by atoms with Crippen LogP contribution in [0.4, 0.5) is 0 Å². The SMILES string of the molecule is COC(C)(C)CCOc1ccc(CC(C)N)nc1. The number of rotatable bonds is 7. The molecule has 1 aromatic heterocycles. The number of nitrogens with zero attached hydrogens (tertiary/aromatic N) is 1. The predicted octanol–water partition coefficient (Wildman–Crippen LogP) is 2.17. The molecule has 0 radical (unpaired) electrons. The Kier molecular flexibility index (Phi) is 5.56. The molecule has 0 aliphatic rings. The van der Waals surface area contributed by atoms with Gasteiger partial charge in [-0.25, -0.2) is 0 Å². The van der Waals surface area contributed by atoms with Gasteiger partial charge in [0.25, 0.3) is 0 Å². The molecule has 0 amide bonds. The second kappa shape index (κ2) is 6.71. The average molecular weight is 252 g/mol. The Labute approximate surface area is 110 Å². The lowest BCUT2D eigenvalue weighted by atomic mass is 10.1. The lowest BCUT2D eigenvalue weighted by Crippen LogP contribution is -2.25. The molecule has 4 nitrogen and oxygen atoms in total. The van der Waals surface area contributed by atoms with E-state index in [2.05, 4.69) is 4.98 Å². The van der Waals surface area contributed by atoms with Gasteiger partial charge in [-0.3, -0.25) is 4.98 Å². The second-order valence-electron chi connectivity index (χ2n) is 5.23. The van der Waals surface area contributed by atoms with Gasteiger partial charge in [0, 0.05) is 31.7 Å². The average Bonchev–Trinajstić information content (AvgIpc) is 2.30. The molecule has 2 N–H and O–H groups in total. The third-order valence-electron chi connectivity index (χ3n) is 2.85. The maximum Gasteiger partial charge on any atom is 0.137 e. The van der Waals surface area contributed by atoms with E-state index in [-0.39, 0.29) is 11.6 Å². The van der Waals surface area contributed by atoms with Crippen molar-refractivity contribution in [2.75, 3.05) is 13.7 Å². The number of hydrogen-bond acceptors (Lipinski definition) is 4. The lowest BCUT2D eigenvalue weighted by molar-refractivity contribution is 0.00542. The van der Waals surface area contributed by atoms with Crippen LogP contribution in [-0.4, -0.2) is 30.3 Å². The summed E-state index contributed by atoms with van der Waals surface area (Å²) in [6.45, 7) is 6.68. The molecule has 0 spiro atoms. The van der Waals surface area contributed by atoms with Crippen LogP contribution in [0, 0.1) is 0 Å². The van der Waals surface area contributed by atoms with Crippen molar-refractivity contribution in [3.05, 3.63) is 24.0 Å². The fourth-order valence-corrected chi connectivity index (χ4v) is 1.46. The Morgan fingerprint density at radius 2 is 2.11 bits per heavy atom. The van der Waals surface area contributed by atoms with Crippen molar-refractivity contribution in [1.82, 2.24) is 4.98 Å². The molecule has 0 aromatic carbocycles. The van der Waals surface area contributed by atoms with Crippen LogP contribution in [-0.2, 0) is 11.2 Å². The van der Waals surface area contributed by atoms with Gasteiger partial charge in [-0.15, -0.1) is 0 Å². The Hall–Kier alpha value is -1.13. The van der Waals surface area contributed by atoms with Crippen LogP contribution in [0.2, 0.25) is 0 Å². The van der Waals surface area contributed by atoms with Crippen molar-refractivity contribution >= 4 is 0 Å². The third kappa shape index (κ3) is 5.47. The summed E-state index contributed by atoms with van der Waals surface area (Å²) in [6.07, 6.45) is 3.37. The minimum Gasteiger partial charge on any atom is -0.492 e. The Balaban J connectivity index is 2.40. The van der Waals surface area contributed by atoms with E-state index in [1.807, 2.05) is 32.9 Å². The van der Waals surface area contributed by atoms with Crippen LogP contribution < -0.4 is 10.5 Å². The number of methoxy groups -OCH3 is 1. The monoisotopic (exact) mass is 252 g/mol. The number of nitrogens with two attached hydrogens (primary N) is 1. The van der Waals surface area contributed by atoms with Gasteiger partial charge < -0.3 is 15.2 Å². The fraction of sp³-hybridized carbons (Fsp3) is 0.643. The molecule has 1 heterocycles. The summed E-state index contributed by atoms with van der Waals surface area (Å²) in [7, 11) is 1.71. The Bertz CT molecular complexity index is 347. The normalized spacial score (nSPS) is 13.4. The summed E-state index contributed by atoms with van der Waals surface area (Å²) >= 11 is 0. The van der Waals surface area contributed by atoms with Crippen molar-refractivity contribution in [1.29, 1.82) is 0 Å². The van der Waals surface area contributed by atoms with Gasteiger partial charge in [-0.2, -0.15) is 0 Å². The van der Waals surface area contributed by atoms with E-state index in [0.717, 1.165) is 24.3 Å². The molecule has 0 aliphatic carbocycles. The Morgan fingerprint density at radius 1 is 1.39 bits per heavy atom. The highest BCUT2D eigenvalue weighted by Crippen LogP contribution is 2.15. The molecular weight excluding hydrogens is 228 g/mol. The van der Waals surface area contributed by atoms with Crippen LogP contribution in [0.3, 0.4) is 0 Å². The standard InChI is InChI=1S/C14H24N2O2/c1-11(15)9-12-5-6-13(10-16-12)18-8-7-14(2,3)17-4/h5-6,10-11H,7-9,15H2,1-4H3. The van der Waals surface area contributed by atoms with Crippen molar-refractivity contribution in [3.63, 3.8) is 0 Å². The molecule has 0 fully saturated rings. The fourth-order valence-electron chi connectivity index (χ4n) is 1.46. The van der Waals surface area contributed by atoms with E-state index < -0.39 is 0 Å². The quantitative estimate of drug-likeness (QED) is 0.808. The molecule has 1 aromatic rings. The van der Waals surface area contributed by atoms with Crippen molar-refractivity contribution in [2.45, 2.75) is 45.3 Å². The zero-order chi connectivity index (χ0) is 13.6. The van der Waals surface area contributed by atoms with Gasteiger partial charge in [0.15, 0.2) is 0 Å². The van der Waals surface area contributed by atoms with Crippen molar-refractivity contribution in [3.8, 4) is 5.75 Å². The zero-order valence-corrected chi connectivity index (χ0v) is 11.8. The minimum absolute atomic E-state index is 0.131. The molecule has 0 aliphatic heterocycles. The maximum atomic E-state index is 5.72. The first-order valence-electron chi connectivity index (χ1n) is 6.31. The molecule has 0 saturated carbocycles. The highest BCUT2D eigenvalue weighted by atomic mass is 16.5. The van der Waals surface area contributed by atoms with Gasteiger partial charge in [-0.05, 0) is 32.9 Å². The van der Waals surface area contributed by atoms with E-state index >= 15 is 0 Å². The number of ether oxygens (including phenoxy) is 2. The molecule has 1 unspecified atom stereocenters. The Morgan fingerprint density at radius 3 is 2.61 bits per heavy atom. The number of hydrogen-bond donors (Lipinski definition) is 1. The van der Waals surface area contributed by atoms with E-state index in [9.17, 15) is 0 Å². The first kappa shape index (κ1) is 14.9. The van der Waals surface area contributed by atoms with Crippen LogP contribution in [0.15, 0.2) is 18.3 Å². The van der Waals surface area contributed by atoms with E-state index in [0.29, 0.717) is 6.61 Å². The van der Waals surface area contributed by atoms with E-state index in [1.165, 1.54) is 0 Å². The second-order valence-corrected chi connectivity index (χ2v) is 5.23. The predicted molar refractivity (Wildman–Crippen MR) is 72.8 cm³/mol. The summed E-state index contributed by atoms with van der Waals surface area (Å²) < 4.78 is 11.0. The van der Waals surface area contributed by atoms with Crippen LogP contribution in [0.5, 0.6) is 5.75 Å². The molecular formula is C14H24N2O2. The molecule has 4 heteroatoms. The van der Waals surface area contributed by atoms with Gasteiger partial charge in [0.05, 0.1) is 18.4 Å². The third-order valence-corrected chi connectivity index (χ3v) is 2.85. The molecule has 0 saturated heterocycles. The number of aromatic nitrogens is 1.